The average Bonchev–Trinajstić information content (AvgIpc) is 2.69. The number of hydrogen-bond acceptors (Lipinski definition) is 5. The quantitative estimate of drug-likeness (QED) is 0.914. The Morgan fingerprint density at radius 2 is 2.22 bits per heavy atom. The van der Waals surface area contributed by atoms with E-state index in [1.54, 1.807) is 11.3 Å². The zero-order chi connectivity index (χ0) is 13.3. The molecule has 1 aliphatic rings. The molecule has 2 rings (SSSR count). The Balaban J connectivity index is 2.28. The van der Waals surface area contributed by atoms with Gasteiger partial charge in [0.2, 0.25) is 0 Å². The minimum absolute atomic E-state index is 0.0305. The molecule has 0 radical (unpaired) electrons. The fraction of sp³-hybridized carbons (Fsp3) is 0.769. The molecule has 0 spiro atoms. The molecule has 1 N–H and O–H groups in total. The highest BCUT2D eigenvalue weighted by Gasteiger charge is 2.33. The number of thiazole rings is 1. The minimum Gasteiger partial charge on any atom is -0.377 e. The molecule has 18 heavy (non-hydrogen) atoms. The highest BCUT2D eigenvalue weighted by molar-refractivity contribution is 7.15. The van der Waals surface area contributed by atoms with E-state index in [4.69, 9.17) is 9.72 Å². The van der Waals surface area contributed by atoms with E-state index >= 15 is 0 Å². The Kier molecular flexibility index (Phi) is 3.94. The summed E-state index contributed by atoms with van der Waals surface area (Å²) in [6.45, 7) is 11.2. The van der Waals surface area contributed by atoms with Crippen LogP contribution in [0.5, 0.6) is 0 Å². The van der Waals surface area contributed by atoms with Crippen LogP contribution in [-0.2, 0) is 4.74 Å². The normalized spacial score (nSPS) is 21.1. The van der Waals surface area contributed by atoms with E-state index in [-0.39, 0.29) is 5.54 Å². The molecule has 1 aromatic heterocycles. The summed E-state index contributed by atoms with van der Waals surface area (Å²) in [6.07, 6.45) is 0. The lowest BCUT2D eigenvalue weighted by Crippen LogP contribution is -2.53. The van der Waals surface area contributed by atoms with Crippen molar-refractivity contribution < 1.29 is 4.74 Å². The SMILES string of the molecule is CNC(C)c1sc(N2CCOCC2(C)C)nc1C. The first-order valence-electron chi connectivity index (χ1n) is 6.45. The minimum atomic E-state index is 0.0305. The first-order valence-corrected chi connectivity index (χ1v) is 7.27. The molecule has 2 heterocycles. The van der Waals surface area contributed by atoms with Crippen LogP contribution in [0.4, 0.5) is 5.13 Å². The van der Waals surface area contributed by atoms with E-state index < -0.39 is 0 Å². The molecular weight excluding hydrogens is 246 g/mol. The summed E-state index contributed by atoms with van der Waals surface area (Å²) in [5, 5.41) is 4.41. The smallest absolute Gasteiger partial charge is 0.186 e. The van der Waals surface area contributed by atoms with Crippen molar-refractivity contribution in [2.75, 3.05) is 31.7 Å². The summed E-state index contributed by atoms with van der Waals surface area (Å²) in [5.41, 5.74) is 1.17. The van der Waals surface area contributed by atoms with Gasteiger partial charge in [0.25, 0.3) is 0 Å². The van der Waals surface area contributed by atoms with E-state index in [9.17, 15) is 0 Å². The maximum atomic E-state index is 5.56. The summed E-state index contributed by atoms with van der Waals surface area (Å²) in [5.74, 6) is 0. The topological polar surface area (TPSA) is 37.4 Å². The van der Waals surface area contributed by atoms with Crippen molar-refractivity contribution in [3.05, 3.63) is 10.6 Å². The number of rotatable bonds is 3. The zero-order valence-corrected chi connectivity index (χ0v) is 12.7. The zero-order valence-electron chi connectivity index (χ0n) is 11.9. The Hall–Kier alpha value is -0.650. The van der Waals surface area contributed by atoms with Crippen molar-refractivity contribution in [2.45, 2.75) is 39.3 Å². The lowest BCUT2D eigenvalue weighted by molar-refractivity contribution is 0.0643. The molecule has 0 aliphatic carbocycles. The Labute approximate surface area is 113 Å². The van der Waals surface area contributed by atoms with Crippen molar-refractivity contribution in [1.82, 2.24) is 10.3 Å². The third-order valence-corrected chi connectivity index (χ3v) is 4.89. The number of nitrogens with one attached hydrogen (secondary N) is 1. The molecule has 0 aromatic carbocycles. The maximum absolute atomic E-state index is 5.56. The number of ether oxygens (including phenoxy) is 1. The number of aromatic nitrogens is 1. The number of morpholine rings is 1. The van der Waals surface area contributed by atoms with Gasteiger partial charge in [-0.25, -0.2) is 4.98 Å². The standard InChI is InChI=1S/C13H23N3OS/c1-9(14-5)11-10(2)15-12(18-11)16-6-7-17-8-13(16,3)4/h9,14H,6-8H2,1-5H3. The van der Waals surface area contributed by atoms with Crippen LogP contribution in [0.3, 0.4) is 0 Å². The Morgan fingerprint density at radius 3 is 2.83 bits per heavy atom. The summed E-state index contributed by atoms with van der Waals surface area (Å²) in [4.78, 5) is 8.45. The molecule has 1 aromatic rings. The third kappa shape index (κ3) is 2.53. The van der Waals surface area contributed by atoms with Gasteiger partial charge in [0.1, 0.15) is 0 Å². The first kappa shape index (κ1) is 13.8. The third-order valence-electron chi connectivity index (χ3n) is 3.52. The van der Waals surface area contributed by atoms with Gasteiger partial charge in [0.15, 0.2) is 5.13 Å². The summed E-state index contributed by atoms with van der Waals surface area (Å²) >= 11 is 1.80. The van der Waals surface area contributed by atoms with Gasteiger partial charge in [-0.1, -0.05) is 11.3 Å². The van der Waals surface area contributed by atoms with E-state index in [1.807, 2.05) is 7.05 Å². The molecule has 1 unspecified atom stereocenters. The summed E-state index contributed by atoms with van der Waals surface area (Å²) in [7, 11) is 1.99. The van der Waals surface area contributed by atoms with Gasteiger partial charge in [-0.2, -0.15) is 0 Å². The van der Waals surface area contributed by atoms with Crippen LogP contribution in [0.1, 0.15) is 37.4 Å². The molecule has 4 nitrogen and oxygen atoms in total. The molecule has 0 saturated carbocycles. The predicted octanol–water partition coefficient (Wildman–Crippen LogP) is 2.35. The molecule has 0 amide bonds. The molecule has 1 saturated heterocycles. The van der Waals surface area contributed by atoms with Crippen LogP contribution in [0, 0.1) is 6.92 Å². The maximum Gasteiger partial charge on any atom is 0.186 e. The lowest BCUT2D eigenvalue weighted by atomic mass is 10.0. The Bertz CT molecular complexity index is 416. The molecular formula is C13H23N3OS. The van der Waals surface area contributed by atoms with E-state index in [1.165, 1.54) is 4.88 Å². The van der Waals surface area contributed by atoms with Crippen LogP contribution in [0.2, 0.25) is 0 Å². The van der Waals surface area contributed by atoms with Gasteiger partial charge >= 0.3 is 0 Å². The number of hydrogen-bond donors (Lipinski definition) is 1. The molecule has 0 bridgehead atoms. The van der Waals surface area contributed by atoms with Gasteiger partial charge in [-0.05, 0) is 34.7 Å². The van der Waals surface area contributed by atoms with Gasteiger partial charge in [-0.3, -0.25) is 0 Å². The number of nitrogens with zero attached hydrogens (tertiary/aromatic N) is 2. The highest BCUT2D eigenvalue weighted by atomic mass is 32.1. The Morgan fingerprint density at radius 1 is 1.50 bits per heavy atom. The number of anilines is 1. The van der Waals surface area contributed by atoms with Crippen LogP contribution in [0.25, 0.3) is 0 Å². The monoisotopic (exact) mass is 269 g/mol. The molecule has 5 heteroatoms. The second kappa shape index (κ2) is 5.15. The fourth-order valence-corrected chi connectivity index (χ4v) is 3.57. The van der Waals surface area contributed by atoms with Gasteiger partial charge in [0.05, 0.1) is 24.4 Å². The second-order valence-electron chi connectivity index (χ2n) is 5.47. The molecule has 1 atom stereocenters. The molecule has 1 fully saturated rings. The van der Waals surface area contributed by atoms with E-state index in [2.05, 4.69) is 37.9 Å². The van der Waals surface area contributed by atoms with Crippen molar-refractivity contribution in [2.24, 2.45) is 0 Å². The van der Waals surface area contributed by atoms with Crippen LogP contribution < -0.4 is 10.2 Å². The van der Waals surface area contributed by atoms with Crippen molar-refractivity contribution in [3.63, 3.8) is 0 Å². The van der Waals surface area contributed by atoms with Gasteiger partial charge < -0.3 is 15.0 Å². The van der Waals surface area contributed by atoms with Crippen molar-refractivity contribution in [1.29, 1.82) is 0 Å². The molecule has 102 valence electrons. The number of aryl methyl sites for hydroxylation is 1. The van der Waals surface area contributed by atoms with Gasteiger partial charge in [0, 0.05) is 17.5 Å². The average molecular weight is 269 g/mol. The van der Waals surface area contributed by atoms with E-state index in [0.29, 0.717) is 6.04 Å². The van der Waals surface area contributed by atoms with Crippen molar-refractivity contribution >= 4 is 16.5 Å². The largest absolute Gasteiger partial charge is 0.377 e. The fourth-order valence-electron chi connectivity index (χ4n) is 2.25. The predicted molar refractivity (Wildman–Crippen MR) is 76.6 cm³/mol. The summed E-state index contributed by atoms with van der Waals surface area (Å²) in [6, 6.07) is 0.361. The second-order valence-corrected chi connectivity index (χ2v) is 6.48. The lowest BCUT2D eigenvalue weighted by Gasteiger charge is -2.42. The highest BCUT2D eigenvalue weighted by Crippen LogP contribution is 2.34. The van der Waals surface area contributed by atoms with Crippen molar-refractivity contribution in [3.8, 4) is 0 Å². The van der Waals surface area contributed by atoms with E-state index in [0.717, 1.165) is 30.6 Å². The van der Waals surface area contributed by atoms with Crippen LogP contribution >= 0.6 is 11.3 Å². The van der Waals surface area contributed by atoms with Crippen LogP contribution in [-0.4, -0.2) is 37.3 Å². The van der Waals surface area contributed by atoms with Crippen LogP contribution in [0.15, 0.2) is 0 Å². The first-order chi connectivity index (χ1) is 8.45. The summed E-state index contributed by atoms with van der Waals surface area (Å²) < 4.78 is 5.56. The van der Waals surface area contributed by atoms with Gasteiger partial charge in [-0.15, -0.1) is 0 Å². The molecule has 1 aliphatic heterocycles.